The number of guanidine groups is 1. The summed E-state index contributed by atoms with van der Waals surface area (Å²) in [6.07, 6.45) is 3.68. The van der Waals surface area contributed by atoms with Gasteiger partial charge in [0.05, 0.1) is 18.4 Å². The highest BCUT2D eigenvalue weighted by molar-refractivity contribution is 5.95. The van der Waals surface area contributed by atoms with Crippen LogP contribution >= 0.6 is 0 Å². The van der Waals surface area contributed by atoms with Gasteiger partial charge in [0, 0.05) is 37.9 Å². The highest BCUT2D eigenvalue weighted by Gasteiger charge is 2.18. The minimum atomic E-state index is 0.754. The molecule has 1 fully saturated rings. The largest absolute Gasteiger partial charge is 0.340 e. The van der Waals surface area contributed by atoms with Crippen LogP contribution in [0.3, 0.4) is 0 Å². The van der Waals surface area contributed by atoms with Crippen LogP contribution in [-0.4, -0.2) is 42.0 Å². The van der Waals surface area contributed by atoms with Gasteiger partial charge < -0.3 is 15.5 Å². The lowest BCUT2D eigenvalue weighted by Crippen LogP contribution is -2.49. The molecule has 0 radical (unpaired) electrons. The van der Waals surface area contributed by atoms with E-state index in [4.69, 9.17) is 0 Å². The Morgan fingerprint density at radius 3 is 3.00 bits per heavy atom. The SMILES string of the molecule is c1cc2c(cn1)NC(N1CCNCC1)=NC2. The van der Waals surface area contributed by atoms with Gasteiger partial charge in [-0.1, -0.05) is 0 Å². The average Bonchev–Trinajstić information content (AvgIpc) is 2.39. The predicted molar refractivity (Wildman–Crippen MR) is 63.4 cm³/mol. The smallest absolute Gasteiger partial charge is 0.198 e. The minimum absolute atomic E-state index is 0.754. The Morgan fingerprint density at radius 2 is 2.12 bits per heavy atom. The molecule has 0 bridgehead atoms. The molecule has 1 saturated heterocycles. The molecule has 16 heavy (non-hydrogen) atoms. The van der Waals surface area contributed by atoms with E-state index in [9.17, 15) is 0 Å². The van der Waals surface area contributed by atoms with E-state index in [1.165, 1.54) is 5.56 Å². The number of aliphatic imine (C=N–C) groups is 1. The first-order chi connectivity index (χ1) is 7.93. The van der Waals surface area contributed by atoms with Crippen molar-refractivity contribution in [2.45, 2.75) is 6.54 Å². The molecule has 2 N–H and O–H groups in total. The van der Waals surface area contributed by atoms with E-state index in [-0.39, 0.29) is 0 Å². The van der Waals surface area contributed by atoms with Crippen LogP contribution in [0.15, 0.2) is 23.5 Å². The van der Waals surface area contributed by atoms with E-state index in [0.29, 0.717) is 0 Å². The zero-order chi connectivity index (χ0) is 10.8. The van der Waals surface area contributed by atoms with Gasteiger partial charge in [0.1, 0.15) is 0 Å². The molecule has 3 heterocycles. The second kappa shape index (κ2) is 4.09. The molecule has 0 atom stereocenters. The van der Waals surface area contributed by atoms with Gasteiger partial charge in [-0.15, -0.1) is 0 Å². The molecule has 5 heteroatoms. The van der Waals surface area contributed by atoms with Crippen LogP contribution in [0.2, 0.25) is 0 Å². The number of aromatic nitrogens is 1. The van der Waals surface area contributed by atoms with Crippen LogP contribution in [0.5, 0.6) is 0 Å². The van der Waals surface area contributed by atoms with E-state index in [0.717, 1.165) is 44.4 Å². The zero-order valence-corrected chi connectivity index (χ0v) is 9.11. The molecular formula is C11H15N5. The van der Waals surface area contributed by atoms with Crippen molar-refractivity contribution in [3.05, 3.63) is 24.0 Å². The van der Waals surface area contributed by atoms with E-state index >= 15 is 0 Å². The summed E-state index contributed by atoms with van der Waals surface area (Å²) < 4.78 is 0. The van der Waals surface area contributed by atoms with Gasteiger partial charge in [-0.3, -0.25) is 4.98 Å². The summed E-state index contributed by atoms with van der Waals surface area (Å²) in [5.41, 5.74) is 2.31. The van der Waals surface area contributed by atoms with Gasteiger partial charge in [0.15, 0.2) is 5.96 Å². The number of hydrogen-bond acceptors (Lipinski definition) is 5. The standard InChI is InChI=1S/C11H15N5/c1-2-13-8-10-9(1)7-14-11(15-10)16-5-3-12-4-6-16/h1-2,8,12H,3-7H2,(H,14,15). The Morgan fingerprint density at radius 1 is 1.25 bits per heavy atom. The Kier molecular flexibility index (Phi) is 2.46. The van der Waals surface area contributed by atoms with Crippen molar-refractivity contribution in [1.82, 2.24) is 15.2 Å². The zero-order valence-electron chi connectivity index (χ0n) is 9.11. The number of pyridine rings is 1. The molecule has 1 aromatic heterocycles. The average molecular weight is 217 g/mol. The van der Waals surface area contributed by atoms with Gasteiger partial charge in [-0.2, -0.15) is 0 Å². The van der Waals surface area contributed by atoms with Gasteiger partial charge in [-0.25, -0.2) is 4.99 Å². The molecule has 0 aromatic carbocycles. The first kappa shape index (κ1) is 9.59. The summed E-state index contributed by atoms with van der Waals surface area (Å²) in [7, 11) is 0. The van der Waals surface area contributed by atoms with Crippen LogP contribution in [-0.2, 0) is 6.54 Å². The molecule has 1 aromatic rings. The van der Waals surface area contributed by atoms with Gasteiger partial charge in [0.25, 0.3) is 0 Å². The highest BCUT2D eigenvalue weighted by Crippen LogP contribution is 2.19. The Bertz CT molecular complexity index is 409. The molecule has 5 nitrogen and oxygen atoms in total. The number of rotatable bonds is 0. The molecule has 0 saturated carbocycles. The molecule has 2 aliphatic rings. The maximum absolute atomic E-state index is 4.57. The number of fused-ring (bicyclic) bond motifs is 1. The van der Waals surface area contributed by atoms with Crippen molar-refractivity contribution in [1.29, 1.82) is 0 Å². The monoisotopic (exact) mass is 217 g/mol. The van der Waals surface area contributed by atoms with Gasteiger partial charge >= 0.3 is 0 Å². The summed E-state index contributed by atoms with van der Waals surface area (Å²) in [4.78, 5) is 11.0. The van der Waals surface area contributed by atoms with Crippen LogP contribution in [0.1, 0.15) is 5.56 Å². The summed E-state index contributed by atoms with van der Waals surface area (Å²) in [5, 5.41) is 6.69. The molecule has 0 amide bonds. The van der Waals surface area contributed by atoms with E-state index in [1.54, 1.807) is 0 Å². The van der Waals surface area contributed by atoms with Gasteiger partial charge in [-0.05, 0) is 6.07 Å². The summed E-state index contributed by atoms with van der Waals surface area (Å²) in [6.45, 7) is 4.84. The third-order valence-electron chi connectivity index (χ3n) is 2.97. The Balaban J connectivity index is 1.77. The summed E-state index contributed by atoms with van der Waals surface area (Å²) in [5.74, 6) is 0.988. The summed E-state index contributed by atoms with van der Waals surface area (Å²) in [6, 6.07) is 2.01. The predicted octanol–water partition coefficient (Wildman–Crippen LogP) is 0.268. The quantitative estimate of drug-likeness (QED) is 0.655. The number of hydrogen-bond donors (Lipinski definition) is 2. The number of nitrogens with zero attached hydrogens (tertiary/aromatic N) is 3. The fourth-order valence-electron chi connectivity index (χ4n) is 2.05. The van der Waals surface area contributed by atoms with Crippen molar-refractivity contribution >= 4 is 11.6 Å². The van der Waals surface area contributed by atoms with Crippen molar-refractivity contribution in [2.24, 2.45) is 4.99 Å². The molecular weight excluding hydrogens is 202 g/mol. The molecule has 0 unspecified atom stereocenters. The van der Waals surface area contributed by atoms with E-state index in [1.807, 2.05) is 18.5 Å². The topological polar surface area (TPSA) is 52.6 Å². The lowest BCUT2D eigenvalue weighted by Gasteiger charge is -2.32. The first-order valence-electron chi connectivity index (χ1n) is 5.63. The second-order valence-electron chi connectivity index (χ2n) is 4.03. The number of nitrogens with one attached hydrogen (secondary N) is 2. The van der Waals surface area contributed by atoms with Crippen LogP contribution < -0.4 is 10.6 Å². The Labute approximate surface area is 94.6 Å². The molecule has 2 aliphatic heterocycles. The van der Waals surface area contributed by atoms with Crippen LogP contribution in [0, 0.1) is 0 Å². The molecule has 0 spiro atoms. The maximum atomic E-state index is 4.57. The maximum Gasteiger partial charge on any atom is 0.198 e. The van der Waals surface area contributed by atoms with Gasteiger partial charge in [0.2, 0.25) is 0 Å². The van der Waals surface area contributed by atoms with Crippen molar-refractivity contribution in [2.75, 3.05) is 31.5 Å². The third-order valence-corrected chi connectivity index (χ3v) is 2.97. The molecule has 84 valence electrons. The van der Waals surface area contributed by atoms with Crippen LogP contribution in [0.4, 0.5) is 5.69 Å². The lowest BCUT2D eigenvalue weighted by molar-refractivity contribution is 0.355. The third kappa shape index (κ3) is 1.74. The first-order valence-corrected chi connectivity index (χ1v) is 5.63. The van der Waals surface area contributed by atoms with Crippen molar-refractivity contribution in [3.8, 4) is 0 Å². The summed E-state index contributed by atoms with van der Waals surface area (Å²) >= 11 is 0. The van der Waals surface area contributed by atoms with Crippen molar-refractivity contribution in [3.63, 3.8) is 0 Å². The highest BCUT2D eigenvalue weighted by atomic mass is 15.3. The fraction of sp³-hybridized carbons (Fsp3) is 0.455. The van der Waals surface area contributed by atoms with Crippen LogP contribution in [0.25, 0.3) is 0 Å². The molecule has 0 aliphatic carbocycles. The Hall–Kier alpha value is -1.62. The lowest BCUT2D eigenvalue weighted by atomic mass is 10.2. The second-order valence-corrected chi connectivity index (χ2v) is 4.03. The minimum Gasteiger partial charge on any atom is -0.340 e. The van der Waals surface area contributed by atoms with E-state index in [2.05, 4.69) is 25.5 Å². The number of piperazine rings is 1. The fourth-order valence-corrected chi connectivity index (χ4v) is 2.05. The van der Waals surface area contributed by atoms with E-state index < -0.39 is 0 Å². The normalized spacial score (nSPS) is 19.8. The molecule has 3 rings (SSSR count). The number of anilines is 1. The van der Waals surface area contributed by atoms with Crippen molar-refractivity contribution < 1.29 is 0 Å².